The second-order valence-corrected chi connectivity index (χ2v) is 5.00. The maximum absolute atomic E-state index is 13.1. The van der Waals surface area contributed by atoms with Crippen LogP contribution in [-0.4, -0.2) is 10.0 Å². The van der Waals surface area contributed by atoms with E-state index in [0.717, 1.165) is 0 Å². The lowest BCUT2D eigenvalue weighted by molar-refractivity contribution is -0.385. The second kappa shape index (κ2) is 6.64. The van der Waals surface area contributed by atoms with Crippen LogP contribution in [0.1, 0.15) is 11.1 Å². The molecule has 0 saturated carbocycles. The molecule has 2 aromatic rings. The topological polar surface area (TPSA) is 72.6 Å². The third kappa shape index (κ3) is 3.56. The fourth-order valence-corrected chi connectivity index (χ4v) is 2.31. The van der Waals surface area contributed by atoms with E-state index in [4.69, 9.17) is 9.84 Å². The number of aliphatic hydroxyl groups is 1. The van der Waals surface area contributed by atoms with Gasteiger partial charge in [0.25, 0.3) is 5.69 Å². The van der Waals surface area contributed by atoms with Crippen molar-refractivity contribution in [1.29, 1.82) is 0 Å². The fraction of sp³-hybridized carbons (Fsp3) is 0.143. The molecule has 0 aliphatic rings. The quantitative estimate of drug-likeness (QED) is 0.657. The van der Waals surface area contributed by atoms with Crippen molar-refractivity contribution in [3.63, 3.8) is 0 Å². The number of nitro benzene ring substituents is 1. The normalized spacial score (nSPS) is 10.4. The number of nitrogens with zero attached hydrogens (tertiary/aromatic N) is 1. The molecule has 110 valence electrons. The van der Waals surface area contributed by atoms with Gasteiger partial charge in [0.15, 0.2) is 0 Å². The SMILES string of the molecule is O=[N+]([O-])c1cccc(COc2ccc(F)cc2CO)c1Br. The molecule has 0 bridgehead atoms. The second-order valence-electron chi connectivity index (χ2n) is 4.21. The minimum atomic E-state index is -0.495. The Balaban J connectivity index is 2.21. The molecule has 2 rings (SSSR count). The average Bonchev–Trinajstić information content (AvgIpc) is 2.46. The Hall–Kier alpha value is -1.99. The predicted molar refractivity (Wildman–Crippen MR) is 77.5 cm³/mol. The highest BCUT2D eigenvalue weighted by molar-refractivity contribution is 9.10. The molecule has 0 aliphatic heterocycles. The zero-order valence-corrected chi connectivity index (χ0v) is 12.3. The molecule has 0 heterocycles. The number of ether oxygens (including phenoxy) is 1. The van der Waals surface area contributed by atoms with Crippen molar-refractivity contribution in [3.8, 4) is 5.75 Å². The van der Waals surface area contributed by atoms with Crippen molar-refractivity contribution in [1.82, 2.24) is 0 Å². The zero-order chi connectivity index (χ0) is 15.4. The van der Waals surface area contributed by atoms with Crippen LogP contribution in [0.5, 0.6) is 5.75 Å². The van der Waals surface area contributed by atoms with Crippen molar-refractivity contribution in [2.75, 3.05) is 0 Å². The summed E-state index contributed by atoms with van der Waals surface area (Å²) in [6.07, 6.45) is 0. The standard InChI is InChI=1S/C14H11BrFNO4/c15-14-9(2-1-3-12(14)17(19)20)8-21-13-5-4-11(16)6-10(13)7-18/h1-6,18H,7-8H2. The Morgan fingerprint density at radius 1 is 1.29 bits per heavy atom. The van der Waals surface area contributed by atoms with Gasteiger partial charge in [-0.1, -0.05) is 12.1 Å². The van der Waals surface area contributed by atoms with Crippen molar-refractivity contribution < 1.29 is 19.2 Å². The molecule has 0 aliphatic carbocycles. The van der Waals surface area contributed by atoms with Crippen LogP contribution in [0.2, 0.25) is 0 Å². The molecule has 0 atom stereocenters. The summed E-state index contributed by atoms with van der Waals surface area (Å²) >= 11 is 3.17. The molecule has 0 radical (unpaired) electrons. The first-order chi connectivity index (χ1) is 10.0. The lowest BCUT2D eigenvalue weighted by atomic mass is 10.2. The minimum absolute atomic E-state index is 0.0564. The van der Waals surface area contributed by atoms with Gasteiger partial charge in [0, 0.05) is 17.2 Å². The molecular formula is C14H11BrFNO4. The van der Waals surface area contributed by atoms with E-state index in [9.17, 15) is 14.5 Å². The number of hydrogen-bond acceptors (Lipinski definition) is 4. The molecule has 0 unspecified atom stereocenters. The van der Waals surface area contributed by atoms with E-state index in [1.54, 1.807) is 12.1 Å². The molecule has 0 aromatic heterocycles. The van der Waals surface area contributed by atoms with E-state index in [1.165, 1.54) is 24.3 Å². The first-order valence-electron chi connectivity index (χ1n) is 5.96. The van der Waals surface area contributed by atoms with Gasteiger partial charge in [0.1, 0.15) is 22.6 Å². The van der Waals surface area contributed by atoms with Crippen molar-refractivity contribution in [2.45, 2.75) is 13.2 Å². The summed E-state index contributed by atoms with van der Waals surface area (Å²) in [5.41, 5.74) is 0.839. The van der Waals surface area contributed by atoms with Crippen LogP contribution >= 0.6 is 15.9 Å². The van der Waals surface area contributed by atoms with Crippen LogP contribution in [0, 0.1) is 15.9 Å². The summed E-state index contributed by atoms with van der Waals surface area (Å²) in [6.45, 7) is -0.301. The smallest absolute Gasteiger partial charge is 0.283 e. The van der Waals surface area contributed by atoms with Gasteiger partial charge in [0.2, 0.25) is 0 Å². The summed E-state index contributed by atoms with van der Waals surface area (Å²) in [7, 11) is 0. The molecule has 0 fully saturated rings. The third-order valence-corrected chi connectivity index (χ3v) is 3.75. The Labute approximate surface area is 128 Å². The molecule has 0 saturated heterocycles. The third-order valence-electron chi connectivity index (χ3n) is 2.83. The van der Waals surface area contributed by atoms with Gasteiger partial charge in [-0.05, 0) is 34.1 Å². The summed E-state index contributed by atoms with van der Waals surface area (Å²) in [5.74, 6) is -0.139. The van der Waals surface area contributed by atoms with E-state index >= 15 is 0 Å². The molecule has 0 spiro atoms. The lowest BCUT2D eigenvalue weighted by Gasteiger charge is -2.11. The highest BCUT2D eigenvalue weighted by Crippen LogP contribution is 2.29. The summed E-state index contributed by atoms with van der Waals surface area (Å²) in [6, 6.07) is 8.42. The van der Waals surface area contributed by atoms with Gasteiger partial charge in [0.05, 0.1) is 11.5 Å². The van der Waals surface area contributed by atoms with Crippen LogP contribution in [0.3, 0.4) is 0 Å². The minimum Gasteiger partial charge on any atom is -0.488 e. The highest BCUT2D eigenvalue weighted by Gasteiger charge is 2.15. The monoisotopic (exact) mass is 355 g/mol. The van der Waals surface area contributed by atoms with E-state index in [2.05, 4.69) is 15.9 Å². The molecular weight excluding hydrogens is 345 g/mol. The summed E-state index contributed by atoms with van der Waals surface area (Å²) in [5, 5.41) is 20.0. The average molecular weight is 356 g/mol. The highest BCUT2D eigenvalue weighted by atomic mass is 79.9. The largest absolute Gasteiger partial charge is 0.488 e. The van der Waals surface area contributed by atoms with Crippen molar-refractivity contribution in [2.24, 2.45) is 0 Å². The first kappa shape index (κ1) is 15.4. The van der Waals surface area contributed by atoms with Crippen LogP contribution < -0.4 is 4.74 Å². The van der Waals surface area contributed by atoms with Gasteiger partial charge >= 0.3 is 0 Å². The number of rotatable bonds is 5. The number of aliphatic hydroxyl groups excluding tert-OH is 1. The number of halogens is 2. The van der Waals surface area contributed by atoms with Gasteiger partial charge in [-0.3, -0.25) is 10.1 Å². The zero-order valence-electron chi connectivity index (χ0n) is 10.8. The van der Waals surface area contributed by atoms with Crippen LogP contribution in [0.25, 0.3) is 0 Å². The van der Waals surface area contributed by atoms with Crippen molar-refractivity contribution >= 4 is 21.6 Å². The number of nitro groups is 1. The Kier molecular flexibility index (Phi) is 4.87. The number of hydrogen-bond donors (Lipinski definition) is 1. The molecule has 1 N–H and O–H groups in total. The van der Waals surface area contributed by atoms with Gasteiger partial charge < -0.3 is 9.84 Å². The maximum atomic E-state index is 13.1. The van der Waals surface area contributed by atoms with Crippen LogP contribution in [0.4, 0.5) is 10.1 Å². The van der Waals surface area contributed by atoms with Crippen LogP contribution in [-0.2, 0) is 13.2 Å². The van der Waals surface area contributed by atoms with Gasteiger partial charge in [-0.25, -0.2) is 4.39 Å². The van der Waals surface area contributed by atoms with Gasteiger partial charge in [-0.2, -0.15) is 0 Å². The van der Waals surface area contributed by atoms with Crippen molar-refractivity contribution in [3.05, 3.63) is 67.9 Å². The predicted octanol–water partition coefficient (Wildman–Crippen LogP) is 3.57. The van der Waals surface area contributed by atoms with E-state index in [1.807, 2.05) is 0 Å². The molecule has 5 nitrogen and oxygen atoms in total. The number of benzene rings is 2. The Bertz CT molecular complexity index is 678. The molecule has 2 aromatic carbocycles. The summed E-state index contributed by atoms with van der Waals surface area (Å²) in [4.78, 5) is 10.4. The van der Waals surface area contributed by atoms with E-state index in [-0.39, 0.29) is 18.9 Å². The molecule has 7 heteroatoms. The fourth-order valence-electron chi connectivity index (χ4n) is 1.79. The Morgan fingerprint density at radius 2 is 2.05 bits per heavy atom. The van der Waals surface area contributed by atoms with E-state index < -0.39 is 10.7 Å². The maximum Gasteiger partial charge on any atom is 0.283 e. The molecule has 21 heavy (non-hydrogen) atoms. The first-order valence-corrected chi connectivity index (χ1v) is 6.76. The Morgan fingerprint density at radius 3 is 2.71 bits per heavy atom. The van der Waals surface area contributed by atoms with Crippen LogP contribution in [0.15, 0.2) is 40.9 Å². The molecule has 0 amide bonds. The van der Waals surface area contributed by atoms with Gasteiger partial charge in [-0.15, -0.1) is 0 Å². The summed E-state index contributed by atoms with van der Waals surface area (Å²) < 4.78 is 18.9. The van der Waals surface area contributed by atoms with E-state index in [0.29, 0.717) is 21.3 Å². The lowest BCUT2D eigenvalue weighted by Crippen LogP contribution is -2.01.